The molecule has 0 saturated carbocycles. The summed E-state index contributed by atoms with van der Waals surface area (Å²) in [5.41, 5.74) is 4.21. The number of piperazine rings is 1. The maximum Gasteiger partial charge on any atom is 0.227 e. The number of carbonyl (C=O) groups is 2. The zero-order valence-electron chi connectivity index (χ0n) is 20.4. The minimum Gasteiger partial charge on any atom is -0.369 e. The molecule has 0 bridgehead atoms. The Morgan fingerprint density at radius 3 is 2.37 bits per heavy atom. The van der Waals surface area contributed by atoms with Crippen molar-refractivity contribution in [2.75, 3.05) is 54.8 Å². The van der Waals surface area contributed by atoms with Gasteiger partial charge >= 0.3 is 0 Å². The van der Waals surface area contributed by atoms with Crippen molar-refractivity contribution in [2.24, 2.45) is 5.92 Å². The summed E-state index contributed by atoms with van der Waals surface area (Å²) in [5.74, 6) is -0.690. The topological polar surface area (TPSA) is 90.0 Å². The van der Waals surface area contributed by atoms with Crippen molar-refractivity contribution in [3.05, 3.63) is 59.7 Å². The standard InChI is InChI=1S/C26H34N4O4S/c1-20-7-9-23(10-8-20)30-19-22(18-25(30)31)26(32)27-11-4-16-35(33,34)29-14-12-28(13-15-29)24-6-3-5-21(2)17-24/h3,5-10,17,22H,4,11-16,18-19H2,1-2H3,(H,27,32). The number of carbonyl (C=O) groups excluding carboxylic acids is 2. The summed E-state index contributed by atoms with van der Waals surface area (Å²) in [6, 6.07) is 15.9. The smallest absolute Gasteiger partial charge is 0.227 e. The molecule has 9 heteroatoms. The minimum absolute atomic E-state index is 0.00316. The van der Waals surface area contributed by atoms with E-state index in [0.717, 1.165) is 16.9 Å². The summed E-state index contributed by atoms with van der Waals surface area (Å²) in [6.45, 7) is 6.89. The van der Waals surface area contributed by atoms with Crippen molar-refractivity contribution in [3.63, 3.8) is 0 Å². The first-order valence-corrected chi connectivity index (χ1v) is 13.8. The van der Waals surface area contributed by atoms with Gasteiger partial charge in [-0.3, -0.25) is 9.59 Å². The average molecular weight is 499 g/mol. The van der Waals surface area contributed by atoms with E-state index < -0.39 is 15.9 Å². The summed E-state index contributed by atoms with van der Waals surface area (Å²) < 4.78 is 27.1. The highest BCUT2D eigenvalue weighted by atomic mass is 32.2. The van der Waals surface area contributed by atoms with E-state index in [-0.39, 0.29) is 30.5 Å². The van der Waals surface area contributed by atoms with Crippen LogP contribution in [0.5, 0.6) is 0 Å². The van der Waals surface area contributed by atoms with Crippen LogP contribution in [-0.2, 0) is 19.6 Å². The largest absolute Gasteiger partial charge is 0.369 e. The minimum atomic E-state index is -3.38. The van der Waals surface area contributed by atoms with Gasteiger partial charge in [-0.1, -0.05) is 29.8 Å². The molecule has 0 spiro atoms. The lowest BCUT2D eigenvalue weighted by Crippen LogP contribution is -2.49. The highest BCUT2D eigenvalue weighted by molar-refractivity contribution is 7.89. The SMILES string of the molecule is Cc1ccc(N2CC(C(=O)NCCCS(=O)(=O)N3CCN(c4cccc(C)c4)CC3)CC2=O)cc1. The predicted octanol–water partition coefficient (Wildman–Crippen LogP) is 2.31. The number of rotatable bonds is 8. The van der Waals surface area contributed by atoms with Crippen LogP contribution in [0.4, 0.5) is 11.4 Å². The normalized spacial score (nSPS) is 19.3. The number of nitrogens with zero attached hydrogens (tertiary/aromatic N) is 3. The van der Waals surface area contributed by atoms with Gasteiger partial charge in [0.15, 0.2) is 0 Å². The van der Waals surface area contributed by atoms with E-state index in [1.807, 2.05) is 50.2 Å². The first-order chi connectivity index (χ1) is 16.7. The van der Waals surface area contributed by atoms with Crippen molar-refractivity contribution in [3.8, 4) is 0 Å². The Bertz CT molecular complexity index is 1160. The zero-order valence-corrected chi connectivity index (χ0v) is 21.3. The number of amides is 2. The molecule has 1 atom stereocenters. The first kappa shape index (κ1) is 25.2. The number of benzene rings is 2. The Hall–Kier alpha value is -2.91. The summed E-state index contributed by atoms with van der Waals surface area (Å²) in [5, 5.41) is 2.83. The Balaban J connectivity index is 1.19. The van der Waals surface area contributed by atoms with Crippen LogP contribution >= 0.6 is 0 Å². The van der Waals surface area contributed by atoms with Crippen molar-refractivity contribution < 1.29 is 18.0 Å². The molecule has 0 aliphatic carbocycles. The number of hydrogen-bond acceptors (Lipinski definition) is 5. The van der Waals surface area contributed by atoms with E-state index in [1.54, 1.807) is 9.21 Å². The Morgan fingerprint density at radius 2 is 1.69 bits per heavy atom. The number of nitrogens with one attached hydrogen (secondary N) is 1. The molecule has 2 aliphatic heterocycles. The molecule has 8 nitrogen and oxygen atoms in total. The maximum absolute atomic E-state index is 12.8. The highest BCUT2D eigenvalue weighted by Crippen LogP contribution is 2.25. The molecular formula is C26H34N4O4S. The molecule has 0 aromatic heterocycles. The van der Waals surface area contributed by atoms with Gasteiger partial charge in [0.1, 0.15) is 0 Å². The van der Waals surface area contributed by atoms with Crippen LogP contribution in [0.25, 0.3) is 0 Å². The third kappa shape index (κ3) is 6.21. The molecule has 2 heterocycles. The molecule has 2 fully saturated rings. The van der Waals surface area contributed by atoms with Crippen LogP contribution < -0.4 is 15.1 Å². The van der Waals surface area contributed by atoms with E-state index >= 15 is 0 Å². The quantitative estimate of drug-likeness (QED) is 0.564. The number of hydrogen-bond donors (Lipinski definition) is 1. The van der Waals surface area contributed by atoms with Crippen LogP contribution in [0.15, 0.2) is 48.5 Å². The fraction of sp³-hybridized carbons (Fsp3) is 0.462. The van der Waals surface area contributed by atoms with Gasteiger partial charge in [0.05, 0.1) is 11.7 Å². The molecular weight excluding hydrogens is 464 g/mol. The fourth-order valence-electron chi connectivity index (χ4n) is 4.65. The Kier molecular flexibility index (Phi) is 7.76. The second-order valence-corrected chi connectivity index (χ2v) is 11.5. The van der Waals surface area contributed by atoms with Crippen LogP contribution in [0, 0.1) is 19.8 Å². The summed E-state index contributed by atoms with van der Waals surface area (Å²) in [6.07, 6.45) is 0.512. The maximum atomic E-state index is 12.8. The Morgan fingerprint density at radius 1 is 0.971 bits per heavy atom. The van der Waals surface area contributed by atoms with E-state index in [9.17, 15) is 18.0 Å². The second kappa shape index (κ2) is 10.8. The van der Waals surface area contributed by atoms with Crippen LogP contribution in [0.2, 0.25) is 0 Å². The average Bonchev–Trinajstić information content (AvgIpc) is 3.24. The molecule has 4 rings (SSSR count). The summed E-state index contributed by atoms with van der Waals surface area (Å²) >= 11 is 0. The van der Waals surface area contributed by atoms with Crippen molar-refractivity contribution in [2.45, 2.75) is 26.7 Å². The molecule has 2 aromatic rings. The summed E-state index contributed by atoms with van der Waals surface area (Å²) in [4.78, 5) is 28.8. The second-order valence-electron chi connectivity index (χ2n) is 9.43. The highest BCUT2D eigenvalue weighted by Gasteiger charge is 2.35. The lowest BCUT2D eigenvalue weighted by atomic mass is 10.1. The van der Waals surface area contributed by atoms with E-state index in [2.05, 4.69) is 22.3 Å². The first-order valence-electron chi connectivity index (χ1n) is 12.2. The van der Waals surface area contributed by atoms with E-state index in [0.29, 0.717) is 39.1 Å². The fourth-order valence-corrected chi connectivity index (χ4v) is 6.13. The molecule has 2 amide bonds. The van der Waals surface area contributed by atoms with Gasteiger partial charge in [-0.2, -0.15) is 4.31 Å². The lowest BCUT2D eigenvalue weighted by Gasteiger charge is -2.35. The van der Waals surface area contributed by atoms with Crippen LogP contribution in [-0.4, -0.2) is 69.6 Å². The molecule has 1 N–H and O–H groups in total. The monoisotopic (exact) mass is 498 g/mol. The van der Waals surface area contributed by atoms with Gasteiger partial charge in [0.2, 0.25) is 21.8 Å². The number of sulfonamides is 1. The molecule has 2 aliphatic rings. The van der Waals surface area contributed by atoms with Crippen molar-refractivity contribution in [1.29, 1.82) is 0 Å². The van der Waals surface area contributed by atoms with Crippen LogP contribution in [0.1, 0.15) is 24.0 Å². The van der Waals surface area contributed by atoms with Gasteiger partial charge < -0.3 is 15.1 Å². The van der Waals surface area contributed by atoms with Gasteiger partial charge in [-0.05, 0) is 50.1 Å². The third-order valence-electron chi connectivity index (χ3n) is 6.72. The lowest BCUT2D eigenvalue weighted by molar-refractivity contribution is -0.126. The number of anilines is 2. The molecule has 35 heavy (non-hydrogen) atoms. The zero-order chi connectivity index (χ0) is 25.0. The third-order valence-corrected chi connectivity index (χ3v) is 8.68. The van der Waals surface area contributed by atoms with Crippen molar-refractivity contribution in [1.82, 2.24) is 9.62 Å². The van der Waals surface area contributed by atoms with E-state index in [1.165, 1.54) is 5.56 Å². The van der Waals surface area contributed by atoms with E-state index in [4.69, 9.17) is 0 Å². The number of aryl methyl sites for hydroxylation is 2. The molecule has 188 valence electrons. The molecule has 0 radical (unpaired) electrons. The van der Waals surface area contributed by atoms with Crippen LogP contribution in [0.3, 0.4) is 0 Å². The van der Waals surface area contributed by atoms with Gasteiger partial charge in [-0.15, -0.1) is 0 Å². The molecule has 1 unspecified atom stereocenters. The Labute approximate surface area is 207 Å². The predicted molar refractivity (Wildman–Crippen MR) is 138 cm³/mol. The van der Waals surface area contributed by atoms with Gasteiger partial charge in [0.25, 0.3) is 0 Å². The van der Waals surface area contributed by atoms with Gasteiger partial charge in [0, 0.05) is 57.1 Å². The van der Waals surface area contributed by atoms with Gasteiger partial charge in [-0.25, -0.2) is 8.42 Å². The summed E-state index contributed by atoms with van der Waals surface area (Å²) in [7, 11) is -3.38. The molecule has 2 aromatic carbocycles. The van der Waals surface area contributed by atoms with Crippen molar-refractivity contribution >= 4 is 33.2 Å². The molecule has 2 saturated heterocycles.